The average molecular weight is 336 g/mol. The molecular formula is C19H20N4O2. The van der Waals surface area contributed by atoms with Crippen molar-refractivity contribution in [3.05, 3.63) is 71.4 Å². The van der Waals surface area contributed by atoms with Crippen molar-refractivity contribution in [2.24, 2.45) is 0 Å². The second-order valence-electron chi connectivity index (χ2n) is 5.81. The Kier molecular flexibility index (Phi) is 4.79. The molecule has 3 rings (SSSR count). The fourth-order valence-corrected chi connectivity index (χ4v) is 2.66. The van der Waals surface area contributed by atoms with E-state index < -0.39 is 5.97 Å². The fourth-order valence-electron chi connectivity index (χ4n) is 2.66. The summed E-state index contributed by atoms with van der Waals surface area (Å²) in [6.45, 7) is 5.14. The van der Waals surface area contributed by atoms with Gasteiger partial charge in [0.2, 0.25) is 5.69 Å². The number of hydrogen-bond donors (Lipinski definition) is 1. The van der Waals surface area contributed by atoms with Crippen LogP contribution >= 0.6 is 0 Å². The van der Waals surface area contributed by atoms with Crippen LogP contribution in [-0.2, 0) is 6.54 Å². The maximum absolute atomic E-state index is 11.7. The Morgan fingerprint density at radius 3 is 2.52 bits per heavy atom. The monoisotopic (exact) mass is 336 g/mol. The number of carboxylic acids is 1. The lowest BCUT2D eigenvalue weighted by atomic mass is 10.2. The smallest absolute Gasteiger partial charge is 0.360 e. The second-order valence-corrected chi connectivity index (χ2v) is 5.81. The molecule has 1 N–H and O–H groups in total. The van der Waals surface area contributed by atoms with Crippen LogP contribution in [0.2, 0.25) is 0 Å². The largest absolute Gasteiger partial charge is 0.476 e. The molecule has 0 aliphatic heterocycles. The molecule has 0 amide bonds. The van der Waals surface area contributed by atoms with E-state index in [1.165, 1.54) is 4.80 Å². The predicted molar refractivity (Wildman–Crippen MR) is 96.2 cm³/mol. The summed E-state index contributed by atoms with van der Waals surface area (Å²) >= 11 is 0. The van der Waals surface area contributed by atoms with Gasteiger partial charge in [0.05, 0.1) is 5.69 Å². The van der Waals surface area contributed by atoms with Gasteiger partial charge in [0.15, 0.2) is 5.82 Å². The normalized spacial score (nSPS) is 10.6. The minimum Gasteiger partial charge on any atom is -0.476 e. The van der Waals surface area contributed by atoms with Crippen molar-refractivity contribution in [1.29, 1.82) is 0 Å². The molecule has 1 aromatic heterocycles. The number of rotatable bonds is 6. The molecular weight excluding hydrogens is 316 g/mol. The highest BCUT2D eigenvalue weighted by Gasteiger charge is 2.23. The van der Waals surface area contributed by atoms with Crippen molar-refractivity contribution in [3.63, 3.8) is 0 Å². The maximum atomic E-state index is 11.7. The molecule has 0 aliphatic carbocycles. The minimum atomic E-state index is -1.08. The van der Waals surface area contributed by atoms with Crippen LogP contribution in [0.3, 0.4) is 0 Å². The van der Waals surface area contributed by atoms with Gasteiger partial charge < -0.3 is 10.0 Å². The summed E-state index contributed by atoms with van der Waals surface area (Å²) in [5, 5.41) is 18.2. The Labute approximate surface area is 146 Å². The van der Waals surface area contributed by atoms with Crippen LogP contribution in [0, 0.1) is 6.92 Å². The van der Waals surface area contributed by atoms with Gasteiger partial charge in [-0.15, -0.1) is 15.0 Å². The molecule has 0 unspecified atom stereocenters. The summed E-state index contributed by atoms with van der Waals surface area (Å²) in [6, 6.07) is 17.5. The third-order valence-corrected chi connectivity index (χ3v) is 3.93. The molecule has 3 aromatic rings. The molecule has 0 atom stereocenters. The van der Waals surface area contributed by atoms with Crippen molar-refractivity contribution in [2.75, 3.05) is 11.4 Å². The minimum absolute atomic E-state index is 0.0423. The number of anilines is 1. The molecule has 6 heteroatoms. The third kappa shape index (κ3) is 3.68. The summed E-state index contributed by atoms with van der Waals surface area (Å²) in [4.78, 5) is 15.0. The van der Waals surface area contributed by atoms with Crippen molar-refractivity contribution in [1.82, 2.24) is 15.0 Å². The lowest BCUT2D eigenvalue weighted by Gasteiger charge is -2.20. The lowest BCUT2D eigenvalue weighted by Crippen LogP contribution is -2.24. The molecule has 0 spiro atoms. The summed E-state index contributed by atoms with van der Waals surface area (Å²) in [5.41, 5.74) is 2.85. The number of benzene rings is 2. The number of aryl methyl sites for hydroxylation is 1. The molecule has 0 fully saturated rings. The predicted octanol–water partition coefficient (Wildman–Crippen LogP) is 3.30. The summed E-state index contributed by atoms with van der Waals surface area (Å²) in [5.74, 6) is -0.708. The second kappa shape index (κ2) is 7.17. The van der Waals surface area contributed by atoms with Gasteiger partial charge >= 0.3 is 5.97 Å². The zero-order chi connectivity index (χ0) is 17.8. The first-order valence-electron chi connectivity index (χ1n) is 8.15. The van der Waals surface area contributed by atoms with Gasteiger partial charge in [-0.1, -0.05) is 42.5 Å². The van der Waals surface area contributed by atoms with E-state index in [4.69, 9.17) is 0 Å². The number of carbonyl (C=O) groups is 1. The van der Waals surface area contributed by atoms with E-state index in [9.17, 15) is 9.90 Å². The zero-order valence-corrected chi connectivity index (χ0v) is 14.3. The third-order valence-electron chi connectivity index (χ3n) is 3.93. The highest BCUT2D eigenvalue weighted by molar-refractivity contribution is 5.91. The number of aromatic carboxylic acids is 1. The Morgan fingerprint density at radius 2 is 1.88 bits per heavy atom. The summed E-state index contributed by atoms with van der Waals surface area (Å²) in [6.07, 6.45) is 0. The van der Waals surface area contributed by atoms with E-state index in [2.05, 4.69) is 10.2 Å². The van der Waals surface area contributed by atoms with E-state index in [0.29, 0.717) is 18.9 Å². The van der Waals surface area contributed by atoms with E-state index in [0.717, 1.165) is 16.8 Å². The van der Waals surface area contributed by atoms with Crippen LogP contribution in [0.5, 0.6) is 0 Å². The van der Waals surface area contributed by atoms with Crippen molar-refractivity contribution >= 4 is 11.8 Å². The molecule has 0 radical (unpaired) electrons. The van der Waals surface area contributed by atoms with E-state index >= 15 is 0 Å². The molecule has 128 valence electrons. The van der Waals surface area contributed by atoms with Crippen LogP contribution in [0.25, 0.3) is 5.69 Å². The van der Waals surface area contributed by atoms with Crippen LogP contribution in [0.1, 0.15) is 28.5 Å². The fraction of sp³-hybridized carbons (Fsp3) is 0.211. The Morgan fingerprint density at radius 1 is 1.12 bits per heavy atom. The first kappa shape index (κ1) is 16.7. The SMILES string of the molecule is CCN(Cc1ccccc1)c1nn(-c2cccc(C)c2)nc1C(=O)O. The highest BCUT2D eigenvalue weighted by atomic mass is 16.4. The molecule has 0 bridgehead atoms. The van der Waals surface area contributed by atoms with Crippen molar-refractivity contribution in [2.45, 2.75) is 20.4 Å². The lowest BCUT2D eigenvalue weighted by molar-refractivity contribution is 0.0690. The summed E-state index contributed by atoms with van der Waals surface area (Å²) in [7, 11) is 0. The molecule has 0 saturated heterocycles. The van der Waals surface area contributed by atoms with Crippen LogP contribution in [0.15, 0.2) is 54.6 Å². The van der Waals surface area contributed by atoms with Gasteiger partial charge in [-0.3, -0.25) is 0 Å². The van der Waals surface area contributed by atoms with Gasteiger partial charge in [0, 0.05) is 13.1 Å². The van der Waals surface area contributed by atoms with Crippen LogP contribution < -0.4 is 4.90 Å². The standard InChI is InChI=1S/C19H20N4O2/c1-3-22(13-15-9-5-4-6-10-15)18-17(19(24)25)20-23(21-18)16-11-7-8-14(2)12-16/h4-12H,3,13H2,1-2H3,(H,24,25). The van der Waals surface area contributed by atoms with E-state index in [-0.39, 0.29) is 5.69 Å². The average Bonchev–Trinajstić information content (AvgIpc) is 3.06. The van der Waals surface area contributed by atoms with Gasteiger partial charge in [-0.25, -0.2) is 4.79 Å². The van der Waals surface area contributed by atoms with Gasteiger partial charge in [-0.05, 0) is 37.1 Å². The van der Waals surface area contributed by atoms with Crippen molar-refractivity contribution in [3.8, 4) is 5.69 Å². The molecule has 1 heterocycles. The molecule has 25 heavy (non-hydrogen) atoms. The van der Waals surface area contributed by atoms with Crippen molar-refractivity contribution < 1.29 is 9.90 Å². The quantitative estimate of drug-likeness (QED) is 0.748. The van der Waals surface area contributed by atoms with E-state index in [1.807, 2.05) is 73.3 Å². The number of aromatic nitrogens is 3. The molecule has 0 aliphatic rings. The van der Waals surface area contributed by atoms with Gasteiger partial charge in [0.25, 0.3) is 0 Å². The number of nitrogens with zero attached hydrogens (tertiary/aromatic N) is 4. The van der Waals surface area contributed by atoms with E-state index in [1.54, 1.807) is 0 Å². The molecule has 6 nitrogen and oxygen atoms in total. The first-order chi connectivity index (χ1) is 12.1. The van der Waals surface area contributed by atoms with Crippen LogP contribution in [0.4, 0.5) is 5.82 Å². The Bertz CT molecular complexity index is 874. The zero-order valence-electron chi connectivity index (χ0n) is 14.3. The first-order valence-corrected chi connectivity index (χ1v) is 8.15. The van der Waals surface area contributed by atoms with Crippen LogP contribution in [-0.4, -0.2) is 32.6 Å². The summed E-state index contributed by atoms with van der Waals surface area (Å²) < 4.78 is 0. The van der Waals surface area contributed by atoms with Gasteiger partial charge in [-0.2, -0.15) is 0 Å². The molecule has 2 aromatic carbocycles. The maximum Gasteiger partial charge on any atom is 0.360 e. The molecule has 0 saturated carbocycles. The Hall–Kier alpha value is -3.15. The Balaban J connectivity index is 2.00. The number of carboxylic acid groups (broad SMARTS) is 1. The highest BCUT2D eigenvalue weighted by Crippen LogP contribution is 2.20. The van der Waals surface area contributed by atoms with Gasteiger partial charge in [0.1, 0.15) is 0 Å². The number of hydrogen-bond acceptors (Lipinski definition) is 4. The topological polar surface area (TPSA) is 71.2 Å².